The first kappa shape index (κ1) is 27.5. The van der Waals surface area contributed by atoms with Crippen LogP contribution in [0.1, 0.15) is 33.1 Å². The molecule has 0 aromatic rings. The van der Waals surface area contributed by atoms with E-state index in [0.717, 1.165) is 0 Å². The van der Waals surface area contributed by atoms with Crippen LogP contribution in [0, 0.1) is 5.92 Å². The maximum Gasteiger partial charge on any atom is 0.326 e. The van der Waals surface area contributed by atoms with Gasteiger partial charge in [0.25, 0.3) is 0 Å². The van der Waals surface area contributed by atoms with Gasteiger partial charge in [-0.05, 0) is 18.8 Å². The zero-order valence-corrected chi connectivity index (χ0v) is 18.2. The molecule has 0 aliphatic heterocycles. The molecule has 12 nitrogen and oxygen atoms in total. The Bertz CT molecular complexity index is 628. The van der Waals surface area contributed by atoms with Gasteiger partial charge in [0.15, 0.2) is 5.96 Å². The topological polar surface area (TPSA) is 215 Å². The van der Waals surface area contributed by atoms with Gasteiger partial charge in [-0.25, -0.2) is 4.79 Å². The number of carbonyl (C=O) groups is 4. The van der Waals surface area contributed by atoms with Crippen LogP contribution in [0.2, 0.25) is 0 Å². The van der Waals surface area contributed by atoms with E-state index in [9.17, 15) is 24.3 Å². The van der Waals surface area contributed by atoms with Crippen molar-refractivity contribution in [1.82, 2.24) is 16.0 Å². The highest BCUT2D eigenvalue weighted by atomic mass is 32.1. The SMILES string of the molecule is CCC(C)C(NC(=O)CNC(=O)C(CCCN=C(N)N)NC(=O)C(N)CS)C(=O)O. The van der Waals surface area contributed by atoms with E-state index in [4.69, 9.17) is 17.2 Å². The van der Waals surface area contributed by atoms with E-state index in [1.165, 1.54) is 0 Å². The number of amides is 3. The summed E-state index contributed by atoms with van der Waals surface area (Å²) in [5.74, 6) is -3.30. The Kier molecular flexibility index (Phi) is 13.2. The first-order valence-corrected chi connectivity index (χ1v) is 10.2. The molecular weight excluding hydrogens is 414 g/mol. The molecule has 13 heteroatoms. The molecule has 0 aliphatic rings. The fourth-order valence-electron chi connectivity index (χ4n) is 2.33. The van der Waals surface area contributed by atoms with Gasteiger partial charge in [-0.2, -0.15) is 12.6 Å². The van der Waals surface area contributed by atoms with E-state index >= 15 is 0 Å². The highest BCUT2D eigenvalue weighted by Crippen LogP contribution is 2.07. The Balaban J connectivity index is 4.91. The number of aliphatic imine (C=N–C) groups is 1. The second-order valence-corrected chi connectivity index (χ2v) is 7.15. The van der Waals surface area contributed by atoms with Crippen molar-refractivity contribution in [2.45, 2.75) is 51.2 Å². The van der Waals surface area contributed by atoms with Crippen molar-refractivity contribution in [2.24, 2.45) is 28.1 Å². The zero-order valence-electron chi connectivity index (χ0n) is 17.3. The number of carboxylic acids is 1. The van der Waals surface area contributed by atoms with Crippen molar-refractivity contribution in [1.29, 1.82) is 0 Å². The molecule has 0 saturated carbocycles. The first-order chi connectivity index (χ1) is 14.0. The third kappa shape index (κ3) is 10.9. The zero-order chi connectivity index (χ0) is 23.3. The van der Waals surface area contributed by atoms with Gasteiger partial charge in [0.05, 0.1) is 12.6 Å². The highest BCUT2D eigenvalue weighted by Gasteiger charge is 2.27. The van der Waals surface area contributed by atoms with Gasteiger partial charge >= 0.3 is 5.97 Å². The number of aliphatic carboxylic acids is 1. The van der Waals surface area contributed by atoms with E-state index in [-0.39, 0.29) is 30.6 Å². The van der Waals surface area contributed by atoms with E-state index < -0.39 is 48.4 Å². The summed E-state index contributed by atoms with van der Waals surface area (Å²) in [6.07, 6.45) is 1.13. The average molecular weight is 448 g/mol. The largest absolute Gasteiger partial charge is 0.480 e. The third-order valence-corrected chi connectivity index (χ3v) is 4.72. The van der Waals surface area contributed by atoms with Crippen molar-refractivity contribution >= 4 is 42.3 Å². The van der Waals surface area contributed by atoms with Crippen LogP contribution in [0.15, 0.2) is 4.99 Å². The number of nitrogens with zero attached hydrogens (tertiary/aromatic N) is 1. The number of hydrogen-bond acceptors (Lipinski definition) is 7. The molecule has 172 valence electrons. The maximum atomic E-state index is 12.5. The van der Waals surface area contributed by atoms with Crippen LogP contribution in [0.4, 0.5) is 0 Å². The molecule has 3 amide bonds. The number of rotatable bonds is 14. The summed E-state index contributed by atoms with van der Waals surface area (Å²) >= 11 is 3.95. The monoisotopic (exact) mass is 447 g/mol. The van der Waals surface area contributed by atoms with E-state index in [2.05, 4.69) is 33.6 Å². The van der Waals surface area contributed by atoms with Crippen LogP contribution in [0.5, 0.6) is 0 Å². The molecule has 4 atom stereocenters. The highest BCUT2D eigenvalue weighted by molar-refractivity contribution is 7.80. The van der Waals surface area contributed by atoms with Crippen LogP contribution in [-0.2, 0) is 19.2 Å². The minimum absolute atomic E-state index is 0.0861. The minimum atomic E-state index is -1.16. The van der Waals surface area contributed by atoms with Gasteiger partial charge in [0, 0.05) is 12.3 Å². The molecular formula is C17H33N7O5S. The quantitative estimate of drug-likeness (QED) is 0.0615. The Labute approximate surface area is 181 Å². The Morgan fingerprint density at radius 3 is 2.27 bits per heavy atom. The second-order valence-electron chi connectivity index (χ2n) is 6.79. The molecule has 0 bridgehead atoms. The van der Waals surface area contributed by atoms with Gasteiger partial charge in [-0.15, -0.1) is 0 Å². The fraction of sp³-hybridized carbons (Fsp3) is 0.706. The van der Waals surface area contributed by atoms with E-state index in [1.807, 2.05) is 0 Å². The Morgan fingerprint density at radius 2 is 1.77 bits per heavy atom. The lowest BCUT2D eigenvalue weighted by molar-refractivity contribution is -0.143. The third-order valence-electron chi connectivity index (χ3n) is 4.33. The molecule has 0 rings (SSSR count). The molecule has 0 heterocycles. The minimum Gasteiger partial charge on any atom is -0.480 e. The second kappa shape index (κ2) is 14.4. The summed E-state index contributed by atoms with van der Waals surface area (Å²) in [4.78, 5) is 51.6. The fourth-order valence-corrected chi connectivity index (χ4v) is 2.50. The summed E-state index contributed by atoms with van der Waals surface area (Å²) < 4.78 is 0. The summed E-state index contributed by atoms with van der Waals surface area (Å²) in [5, 5.41) is 16.5. The average Bonchev–Trinajstić information content (AvgIpc) is 2.70. The van der Waals surface area contributed by atoms with E-state index in [0.29, 0.717) is 12.8 Å². The van der Waals surface area contributed by atoms with Crippen LogP contribution < -0.4 is 33.2 Å². The summed E-state index contributed by atoms with van der Waals surface area (Å²) in [6.45, 7) is 3.30. The molecule has 0 radical (unpaired) electrons. The van der Waals surface area contributed by atoms with Crippen LogP contribution >= 0.6 is 12.6 Å². The molecule has 0 aromatic heterocycles. The van der Waals surface area contributed by atoms with Crippen molar-refractivity contribution in [3.05, 3.63) is 0 Å². The number of carboxylic acid groups (broad SMARTS) is 1. The van der Waals surface area contributed by atoms with Crippen LogP contribution in [0.25, 0.3) is 0 Å². The van der Waals surface area contributed by atoms with Gasteiger partial charge in [0.2, 0.25) is 17.7 Å². The standard InChI is InChI=1S/C17H33N7O5S/c1-3-9(2)13(16(28)29)24-12(25)7-22-15(27)11(5-4-6-21-17(19)20)23-14(26)10(18)8-30/h9-11,13,30H,3-8,18H2,1-2H3,(H,22,27)(H,23,26)(H,24,25)(H,28,29)(H4,19,20,21). The van der Waals surface area contributed by atoms with Crippen molar-refractivity contribution in [3.8, 4) is 0 Å². The number of nitrogens with two attached hydrogens (primary N) is 3. The molecule has 4 unspecified atom stereocenters. The lowest BCUT2D eigenvalue weighted by Crippen LogP contribution is -2.54. The number of thiol groups is 1. The molecule has 0 aromatic carbocycles. The first-order valence-electron chi connectivity index (χ1n) is 9.55. The number of nitrogens with one attached hydrogen (secondary N) is 3. The predicted molar refractivity (Wildman–Crippen MR) is 116 cm³/mol. The molecule has 10 N–H and O–H groups in total. The van der Waals surface area contributed by atoms with Gasteiger partial charge < -0.3 is 38.3 Å². The van der Waals surface area contributed by atoms with Gasteiger partial charge in [-0.1, -0.05) is 20.3 Å². The number of guanidine groups is 1. The van der Waals surface area contributed by atoms with Gasteiger partial charge in [-0.3, -0.25) is 19.4 Å². The normalized spacial score (nSPS) is 14.5. The van der Waals surface area contributed by atoms with E-state index in [1.54, 1.807) is 13.8 Å². The Morgan fingerprint density at radius 1 is 1.13 bits per heavy atom. The lowest BCUT2D eigenvalue weighted by Gasteiger charge is -2.22. The maximum absolute atomic E-state index is 12.5. The van der Waals surface area contributed by atoms with Gasteiger partial charge in [0.1, 0.15) is 12.1 Å². The summed E-state index contributed by atoms with van der Waals surface area (Å²) in [5.41, 5.74) is 16.1. The van der Waals surface area contributed by atoms with Crippen molar-refractivity contribution in [2.75, 3.05) is 18.8 Å². The van der Waals surface area contributed by atoms with Crippen molar-refractivity contribution < 1.29 is 24.3 Å². The van der Waals surface area contributed by atoms with Crippen LogP contribution in [-0.4, -0.2) is 71.7 Å². The molecule has 30 heavy (non-hydrogen) atoms. The smallest absolute Gasteiger partial charge is 0.326 e. The molecule has 0 fully saturated rings. The van der Waals surface area contributed by atoms with Crippen LogP contribution in [0.3, 0.4) is 0 Å². The molecule has 0 aliphatic carbocycles. The predicted octanol–water partition coefficient (Wildman–Crippen LogP) is -2.49. The lowest BCUT2D eigenvalue weighted by atomic mass is 9.99. The molecule has 0 saturated heterocycles. The number of hydrogen-bond donors (Lipinski definition) is 8. The van der Waals surface area contributed by atoms with Crippen molar-refractivity contribution in [3.63, 3.8) is 0 Å². The Hall–Kier alpha value is -2.54. The summed E-state index contributed by atoms with van der Waals surface area (Å²) in [7, 11) is 0. The molecule has 0 spiro atoms. The number of carbonyl (C=O) groups excluding carboxylic acids is 3. The summed E-state index contributed by atoms with van der Waals surface area (Å²) in [6, 6.07) is -2.95.